The van der Waals surface area contributed by atoms with Gasteiger partial charge in [0, 0.05) is 51.0 Å². The summed E-state index contributed by atoms with van der Waals surface area (Å²) in [5, 5.41) is 7.52. The number of nitrogens with zero attached hydrogens (tertiary/aromatic N) is 4. The molecule has 1 amide bonds. The molecule has 1 N–H and O–H groups in total. The normalized spacial score (nSPS) is 21.6. The smallest absolute Gasteiger partial charge is 0.236 e. The van der Waals surface area contributed by atoms with Crippen LogP contribution in [0.1, 0.15) is 24.0 Å². The molecule has 0 radical (unpaired) electrons. The summed E-state index contributed by atoms with van der Waals surface area (Å²) in [6, 6.07) is 9.12. The van der Waals surface area contributed by atoms with E-state index in [1.807, 2.05) is 17.9 Å². The first kappa shape index (κ1) is 18.2. The number of aryl methyl sites for hydroxylation is 2. The zero-order valence-corrected chi connectivity index (χ0v) is 16.3. The van der Waals surface area contributed by atoms with Crippen LogP contribution in [0.25, 0.3) is 11.3 Å². The van der Waals surface area contributed by atoms with Gasteiger partial charge in [-0.25, -0.2) is 0 Å². The van der Waals surface area contributed by atoms with Crippen LogP contribution >= 0.6 is 0 Å². The Hall–Kier alpha value is -2.18. The van der Waals surface area contributed by atoms with Crippen LogP contribution in [0, 0.1) is 6.92 Å². The lowest BCUT2D eigenvalue weighted by molar-refractivity contribution is -0.135. The van der Waals surface area contributed by atoms with Crippen LogP contribution in [0.4, 0.5) is 0 Å². The van der Waals surface area contributed by atoms with Crippen LogP contribution in [0.3, 0.4) is 0 Å². The number of benzene rings is 1. The van der Waals surface area contributed by atoms with Crippen molar-refractivity contribution in [2.24, 2.45) is 7.05 Å². The number of carbonyl (C=O) groups excluding carboxylic acids is 1. The maximum Gasteiger partial charge on any atom is 0.236 e. The summed E-state index contributed by atoms with van der Waals surface area (Å²) in [6.45, 7) is 7.33. The van der Waals surface area contributed by atoms with E-state index < -0.39 is 0 Å². The van der Waals surface area contributed by atoms with E-state index in [-0.39, 0.29) is 5.91 Å². The number of nitrogens with one attached hydrogen (secondary N) is 1. The van der Waals surface area contributed by atoms with Crippen LogP contribution in [0.15, 0.2) is 30.5 Å². The van der Waals surface area contributed by atoms with E-state index >= 15 is 0 Å². The molecule has 2 aliphatic rings. The molecule has 1 aromatic carbocycles. The van der Waals surface area contributed by atoms with Gasteiger partial charge in [0.2, 0.25) is 5.91 Å². The van der Waals surface area contributed by atoms with Gasteiger partial charge in [0.05, 0.1) is 12.2 Å². The molecule has 2 saturated heterocycles. The summed E-state index contributed by atoms with van der Waals surface area (Å²) in [5.74, 6) is 0.249. The molecule has 2 fully saturated rings. The highest BCUT2D eigenvalue weighted by Crippen LogP contribution is 2.27. The second-order valence-electron chi connectivity index (χ2n) is 7.80. The van der Waals surface area contributed by atoms with Crippen molar-refractivity contribution >= 4 is 5.91 Å². The largest absolute Gasteiger partial charge is 0.336 e. The van der Waals surface area contributed by atoms with Crippen molar-refractivity contribution < 1.29 is 4.79 Å². The average Bonchev–Trinajstić information content (AvgIpc) is 3.10. The monoisotopic (exact) mass is 367 g/mol. The van der Waals surface area contributed by atoms with Gasteiger partial charge in [-0.1, -0.05) is 17.7 Å². The third kappa shape index (κ3) is 3.92. The number of piperidine rings is 1. The quantitative estimate of drug-likeness (QED) is 0.895. The molecule has 27 heavy (non-hydrogen) atoms. The summed E-state index contributed by atoms with van der Waals surface area (Å²) >= 11 is 0. The molecule has 4 rings (SSSR count). The van der Waals surface area contributed by atoms with Gasteiger partial charge in [-0.2, -0.15) is 5.10 Å². The number of likely N-dealkylation sites (tertiary alicyclic amines) is 1. The van der Waals surface area contributed by atoms with Gasteiger partial charge in [-0.15, -0.1) is 0 Å². The number of piperazine rings is 1. The van der Waals surface area contributed by atoms with E-state index in [1.54, 1.807) is 0 Å². The Balaban J connectivity index is 1.52. The summed E-state index contributed by atoms with van der Waals surface area (Å²) in [7, 11) is 1.99. The summed E-state index contributed by atoms with van der Waals surface area (Å²) in [6.07, 6.45) is 4.12. The zero-order chi connectivity index (χ0) is 18.8. The van der Waals surface area contributed by atoms with Crippen LogP contribution in [0.5, 0.6) is 0 Å². The molecule has 1 unspecified atom stereocenters. The van der Waals surface area contributed by atoms with Gasteiger partial charge >= 0.3 is 0 Å². The first-order valence-corrected chi connectivity index (χ1v) is 9.92. The fraction of sp³-hybridized carbons (Fsp3) is 0.524. The minimum absolute atomic E-state index is 0.249. The summed E-state index contributed by atoms with van der Waals surface area (Å²) in [4.78, 5) is 16.9. The van der Waals surface area contributed by atoms with Crippen LogP contribution in [-0.2, 0) is 18.4 Å². The second-order valence-corrected chi connectivity index (χ2v) is 7.80. The van der Waals surface area contributed by atoms with Gasteiger partial charge in [-0.05, 0) is 44.0 Å². The number of carbonyl (C=O) groups is 1. The number of hydrogen-bond acceptors (Lipinski definition) is 4. The molecule has 1 atom stereocenters. The highest BCUT2D eigenvalue weighted by Gasteiger charge is 2.30. The predicted molar refractivity (Wildman–Crippen MR) is 106 cm³/mol. The average molecular weight is 367 g/mol. The van der Waals surface area contributed by atoms with Crippen molar-refractivity contribution in [3.63, 3.8) is 0 Å². The van der Waals surface area contributed by atoms with E-state index in [0.29, 0.717) is 12.6 Å². The molecule has 6 nitrogen and oxygen atoms in total. The molecule has 0 saturated carbocycles. The molecule has 2 aromatic rings. The standard InChI is InChI=1S/C21H29N5O/c1-16-5-6-17(19(12-16)20-7-8-23-24(20)2)14-25-10-3-4-18(15-25)26-11-9-22-13-21(26)27/h5-8,12,18,22H,3-4,9-11,13-15H2,1-2H3. The van der Waals surface area contributed by atoms with E-state index in [4.69, 9.17) is 0 Å². The van der Waals surface area contributed by atoms with E-state index in [1.165, 1.54) is 16.7 Å². The third-order valence-electron chi connectivity index (χ3n) is 5.80. The zero-order valence-electron chi connectivity index (χ0n) is 16.3. The molecular weight excluding hydrogens is 338 g/mol. The van der Waals surface area contributed by atoms with Crippen molar-refractivity contribution in [2.75, 3.05) is 32.7 Å². The van der Waals surface area contributed by atoms with E-state index in [9.17, 15) is 4.79 Å². The Morgan fingerprint density at radius 3 is 2.93 bits per heavy atom. The van der Waals surface area contributed by atoms with E-state index in [2.05, 4.69) is 51.4 Å². The molecule has 144 valence electrons. The molecule has 3 heterocycles. The number of amides is 1. The minimum Gasteiger partial charge on any atom is -0.336 e. The topological polar surface area (TPSA) is 53.4 Å². The highest BCUT2D eigenvalue weighted by molar-refractivity contribution is 5.79. The van der Waals surface area contributed by atoms with Gasteiger partial charge in [0.15, 0.2) is 0 Å². The summed E-state index contributed by atoms with van der Waals surface area (Å²) < 4.78 is 1.94. The van der Waals surface area contributed by atoms with Crippen molar-refractivity contribution in [2.45, 2.75) is 32.4 Å². The van der Waals surface area contributed by atoms with Crippen molar-refractivity contribution in [1.82, 2.24) is 24.9 Å². The number of rotatable bonds is 4. The van der Waals surface area contributed by atoms with Crippen LogP contribution in [0.2, 0.25) is 0 Å². The van der Waals surface area contributed by atoms with Gasteiger partial charge in [0.1, 0.15) is 0 Å². The van der Waals surface area contributed by atoms with Crippen molar-refractivity contribution in [3.05, 3.63) is 41.6 Å². The Kier molecular flexibility index (Phi) is 5.27. The lowest BCUT2D eigenvalue weighted by Crippen LogP contribution is -2.56. The molecule has 0 aliphatic carbocycles. The molecule has 0 bridgehead atoms. The first-order chi connectivity index (χ1) is 13.1. The lowest BCUT2D eigenvalue weighted by Gasteiger charge is -2.41. The fourth-order valence-corrected chi connectivity index (χ4v) is 4.38. The third-order valence-corrected chi connectivity index (χ3v) is 5.80. The van der Waals surface area contributed by atoms with Crippen molar-refractivity contribution in [3.8, 4) is 11.3 Å². The Morgan fingerprint density at radius 2 is 2.15 bits per heavy atom. The SMILES string of the molecule is Cc1ccc(CN2CCCC(N3CCNCC3=O)C2)c(-c2ccnn2C)c1. The maximum atomic E-state index is 12.3. The van der Waals surface area contributed by atoms with Gasteiger partial charge < -0.3 is 10.2 Å². The van der Waals surface area contributed by atoms with Gasteiger partial charge in [-0.3, -0.25) is 14.4 Å². The van der Waals surface area contributed by atoms with Gasteiger partial charge in [0.25, 0.3) is 0 Å². The Labute approximate surface area is 161 Å². The predicted octanol–water partition coefficient (Wildman–Crippen LogP) is 1.79. The Morgan fingerprint density at radius 1 is 1.26 bits per heavy atom. The lowest BCUT2D eigenvalue weighted by atomic mass is 9.98. The van der Waals surface area contributed by atoms with Crippen LogP contribution in [-0.4, -0.2) is 64.3 Å². The fourth-order valence-electron chi connectivity index (χ4n) is 4.38. The van der Waals surface area contributed by atoms with Crippen molar-refractivity contribution in [1.29, 1.82) is 0 Å². The highest BCUT2D eigenvalue weighted by atomic mass is 16.2. The molecule has 6 heteroatoms. The second kappa shape index (κ2) is 7.82. The number of hydrogen-bond donors (Lipinski definition) is 1. The molecular formula is C21H29N5O. The number of aromatic nitrogens is 2. The minimum atomic E-state index is 0.249. The first-order valence-electron chi connectivity index (χ1n) is 9.92. The van der Waals surface area contributed by atoms with Crippen LogP contribution < -0.4 is 5.32 Å². The van der Waals surface area contributed by atoms with E-state index in [0.717, 1.165) is 51.3 Å². The maximum absolute atomic E-state index is 12.3. The Bertz CT molecular complexity index is 815. The molecule has 2 aliphatic heterocycles. The molecule has 0 spiro atoms. The summed E-state index contributed by atoms with van der Waals surface area (Å²) in [5.41, 5.74) is 5.00. The molecule has 1 aromatic heterocycles.